The molecule has 0 aromatic heterocycles. The summed E-state index contributed by atoms with van der Waals surface area (Å²) < 4.78 is 11.0. The number of para-hydroxylation sites is 2. The van der Waals surface area contributed by atoms with Crippen LogP contribution in [-0.4, -0.2) is 19.0 Å². The van der Waals surface area contributed by atoms with E-state index in [2.05, 4.69) is 29.8 Å². The van der Waals surface area contributed by atoms with E-state index in [4.69, 9.17) is 9.47 Å². The lowest BCUT2D eigenvalue weighted by molar-refractivity contribution is 0.219. The second-order valence-electron chi connectivity index (χ2n) is 4.12. The Kier molecular flexibility index (Phi) is 5.67. The molecule has 0 N–H and O–H groups in total. The van der Waals surface area contributed by atoms with E-state index in [0.29, 0.717) is 18.4 Å². The van der Waals surface area contributed by atoms with Crippen LogP contribution in [0.15, 0.2) is 24.3 Å². The fourth-order valence-electron chi connectivity index (χ4n) is 1.35. The molecule has 16 heavy (non-hydrogen) atoms. The summed E-state index contributed by atoms with van der Waals surface area (Å²) in [5.41, 5.74) is 0. The lowest BCUT2D eigenvalue weighted by Gasteiger charge is -2.19. The first-order valence-electron chi connectivity index (χ1n) is 5.50. The van der Waals surface area contributed by atoms with Crippen LogP contribution in [0.25, 0.3) is 0 Å². The monoisotopic (exact) mass is 286 g/mol. The first kappa shape index (κ1) is 13.4. The van der Waals surface area contributed by atoms with E-state index in [1.165, 1.54) is 0 Å². The van der Waals surface area contributed by atoms with Gasteiger partial charge in [0.2, 0.25) is 0 Å². The highest BCUT2D eigenvalue weighted by molar-refractivity contribution is 9.09. The van der Waals surface area contributed by atoms with Crippen LogP contribution in [0.1, 0.15) is 13.8 Å². The lowest BCUT2D eigenvalue weighted by Crippen LogP contribution is -2.19. The maximum atomic E-state index is 5.79. The van der Waals surface area contributed by atoms with Crippen molar-refractivity contribution in [1.82, 2.24) is 0 Å². The third-order valence-electron chi connectivity index (χ3n) is 2.66. The summed E-state index contributed by atoms with van der Waals surface area (Å²) in [7, 11) is 1.66. The molecule has 90 valence electrons. The van der Waals surface area contributed by atoms with Crippen LogP contribution in [-0.2, 0) is 0 Å². The van der Waals surface area contributed by atoms with E-state index in [9.17, 15) is 0 Å². The van der Waals surface area contributed by atoms with Crippen LogP contribution in [0.2, 0.25) is 0 Å². The number of hydrogen-bond donors (Lipinski definition) is 0. The van der Waals surface area contributed by atoms with E-state index >= 15 is 0 Å². The molecule has 0 fully saturated rings. The third-order valence-corrected chi connectivity index (χ3v) is 3.49. The van der Waals surface area contributed by atoms with E-state index in [1.54, 1.807) is 7.11 Å². The summed E-state index contributed by atoms with van der Waals surface area (Å²) in [5, 5.41) is 0.958. The van der Waals surface area contributed by atoms with Crippen molar-refractivity contribution in [3.63, 3.8) is 0 Å². The highest BCUT2D eigenvalue weighted by Gasteiger charge is 2.13. The Hall–Kier alpha value is -0.700. The summed E-state index contributed by atoms with van der Waals surface area (Å²) in [4.78, 5) is 0. The Balaban J connectivity index is 2.59. The Morgan fingerprint density at radius 3 is 2.31 bits per heavy atom. The highest BCUT2D eigenvalue weighted by atomic mass is 79.9. The predicted molar refractivity (Wildman–Crippen MR) is 70.6 cm³/mol. The standard InChI is InChI=1S/C13H19BrO2/c1-10(2)11(8-14)9-16-13-7-5-4-6-12(13)15-3/h4-7,10-11H,8-9H2,1-3H3. The first-order valence-corrected chi connectivity index (χ1v) is 6.63. The maximum absolute atomic E-state index is 5.79. The van der Waals surface area contributed by atoms with Crippen LogP contribution in [0.4, 0.5) is 0 Å². The molecule has 0 bridgehead atoms. The quantitative estimate of drug-likeness (QED) is 0.742. The molecule has 0 aliphatic carbocycles. The predicted octanol–water partition coefficient (Wildman–Crippen LogP) is 3.74. The van der Waals surface area contributed by atoms with E-state index < -0.39 is 0 Å². The zero-order chi connectivity index (χ0) is 12.0. The summed E-state index contributed by atoms with van der Waals surface area (Å²) in [6, 6.07) is 7.74. The molecule has 0 heterocycles. The number of benzene rings is 1. The molecule has 1 rings (SSSR count). The molecule has 0 radical (unpaired) electrons. The second kappa shape index (κ2) is 6.79. The smallest absolute Gasteiger partial charge is 0.161 e. The van der Waals surface area contributed by atoms with Gasteiger partial charge in [-0.1, -0.05) is 41.9 Å². The van der Waals surface area contributed by atoms with E-state index in [0.717, 1.165) is 16.8 Å². The van der Waals surface area contributed by atoms with Crippen molar-refractivity contribution < 1.29 is 9.47 Å². The fraction of sp³-hybridized carbons (Fsp3) is 0.538. The highest BCUT2D eigenvalue weighted by Crippen LogP contribution is 2.27. The van der Waals surface area contributed by atoms with Gasteiger partial charge in [-0.25, -0.2) is 0 Å². The van der Waals surface area contributed by atoms with Gasteiger partial charge >= 0.3 is 0 Å². The Labute approximate surface area is 106 Å². The molecule has 2 nitrogen and oxygen atoms in total. The normalized spacial score (nSPS) is 12.6. The molecular weight excluding hydrogens is 268 g/mol. The summed E-state index contributed by atoms with van der Waals surface area (Å²) in [6.07, 6.45) is 0. The van der Waals surface area contributed by atoms with Gasteiger partial charge in [0.25, 0.3) is 0 Å². The molecule has 0 aliphatic rings. The molecule has 0 aliphatic heterocycles. The molecule has 0 amide bonds. The van der Waals surface area contributed by atoms with Crippen molar-refractivity contribution in [1.29, 1.82) is 0 Å². The summed E-state index contributed by atoms with van der Waals surface area (Å²) in [5.74, 6) is 2.73. The van der Waals surface area contributed by atoms with Gasteiger partial charge < -0.3 is 9.47 Å². The second-order valence-corrected chi connectivity index (χ2v) is 4.77. The van der Waals surface area contributed by atoms with E-state index in [1.807, 2.05) is 24.3 Å². The van der Waals surface area contributed by atoms with Crippen molar-refractivity contribution in [2.24, 2.45) is 11.8 Å². The molecule has 1 atom stereocenters. The minimum atomic E-state index is 0.518. The van der Waals surface area contributed by atoms with Crippen LogP contribution in [0, 0.1) is 11.8 Å². The van der Waals surface area contributed by atoms with Gasteiger partial charge in [0.1, 0.15) is 0 Å². The van der Waals surface area contributed by atoms with Crippen LogP contribution in [0.3, 0.4) is 0 Å². The van der Waals surface area contributed by atoms with Gasteiger partial charge in [-0.3, -0.25) is 0 Å². The van der Waals surface area contributed by atoms with Gasteiger partial charge in [-0.15, -0.1) is 0 Å². The minimum absolute atomic E-state index is 0.518. The van der Waals surface area contributed by atoms with Gasteiger partial charge in [0, 0.05) is 11.2 Å². The summed E-state index contributed by atoms with van der Waals surface area (Å²) in [6.45, 7) is 5.12. The number of ether oxygens (including phenoxy) is 2. The Morgan fingerprint density at radius 1 is 1.19 bits per heavy atom. The van der Waals surface area contributed by atoms with Gasteiger partial charge in [0.15, 0.2) is 11.5 Å². The average molecular weight is 287 g/mol. The minimum Gasteiger partial charge on any atom is -0.493 e. The topological polar surface area (TPSA) is 18.5 Å². The Morgan fingerprint density at radius 2 is 1.81 bits per heavy atom. The molecule has 0 saturated carbocycles. The van der Waals surface area contributed by atoms with Crippen molar-refractivity contribution in [3.05, 3.63) is 24.3 Å². The molecular formula is C13H19BrO2. The molecule has 1 unspecified atom stereocenters. The van der Waals surface area contributed by atoms with Crippen molar-refractivity contribution >= 4 is 15.9 Å². The van der Waals surface area contributed by atoms with Crippen molar-refractivity contribution in [2.45, 2.75) is 13.8 Å². The van der Waals surface area contributed by atoms with Gasteiger partial charge in [-0.2, -0.15) is 0 Å². The van der Waals surface area contributed by atoms with Crippen LogP contribution in [0.5, 0.6) is 11.5 Å². The number of halogens is 1. The zero-order valence-electron chi connectivity index (χ0n) is 10.1. The Bertz CT molecular complexity index is 313. The van der Waals surface area contributed by atoms with Gasteiger partial charge in [0.05, 0.1) is 13.7 Å². The largest absolute Gasteiger partial charge is 0.493 e. The van der Waals surface area contributed by atoms with Crippen molar-refractivity contribution in [2.75, 3.05) is 19.0 Å². The number of methoxy groups -OCH3 is 1. The number of alkyl halides is 1. The molecule has 0 saturated heterocycles. The number of hydrogen-bond acceptors (Lipinski definition) is 2. The molecule has 0 spiro atoms. The zero-order valence-corrected chi connectivity index (χ0v) is 11.7. The molecule has 1 aromatic rings. The van der Waals surface area contributed by atoms with Crippen LogP contribution < -0.4 is 9.47 Å². The van der Waals surface area contributed by atoms with Crippen LogP contribution >= 0.6 is 15.9 Å². The average Bonchev–Trinajstić information content (AvgIpc) is 2.30. The fourth-order valence-corrected chi connectivity index (χ4v) is 2.28. The maximum Gasteiger partial charge on any atom is 0.161 e. The lowest BCUT2D eigenvalue weighted by atomic mass is 9.99. The summed E-state index contributed by atoms with van der Waals surface area (Å²) >= 11 is 3.51. The molecule has 3 heteroatoms. The van der Waals surface area contributed by atoms with Crippen molar-refractivity contribution in [3.8, 4) is 11.5 Å². The molecule has 1 aromatic carbocycles. The first-order chi connectivity index (χ1) is 7.69. The van der Waals surface area contributed by atoms with E-state index in [-0.39, 0.29) is 0 Å². The third kappa shape index (κ3) is 3.71. The van der Waals surface area contributed by atoms with Gasteiger partial charge in [-0.05, 0) is 18.1 Å². The number of rotatable bonds is 6. The SMILES string of the molecule is COc1ccccc1OCC(CBr)C(C)C.